The first-order valence-electron chi connectivity index (χ1n) is 11.5. The fourth-order valence-corrected chi connectivity index (χ4v) is 4.76. The SMILES string of the molecule is O=C(O)C1(c2ccc(Oc3nc4nc(-c5ccc(N6CCOCC6)cc5)c(Cl)cc4[nH]3)cc2)CC1. The number of ether oxygens (including phenoxy) is 2. The number of morpholine rings is 1. The summed E-state index contributed by atoms with van der Waals surface area (Å²) in [6.07, 6.45) is 1.33. The van der Waals surface area contributed by atoms with Crippen molar-refractivity contribution in [2.75, 3.05) is 31.2 Å². The summed E-state index contributed by atoms with van der Waals surface area (Å²) < 4.78 is 11.3. The fourth-order valence-electron chi connectivity index (χ4n) is 4.50. The van der Waals surface area contributed by atoms with E-state index in [0.717, 1.165) is 43.1 Å². The summed E-state index contributed by atoms with van der Waals surface area (Å²) in [4.78, 5) is 26.1. The Hall–Kier alpha value is -3.62. The van der Waals surface area contributed by atoms with Crippen LogP contribution in [0.5, 0.6) is 11.8 Å². The summed E-state index contributed by atoms with van der Waals surface area (Å²) in [6.45, 7) is 3.23. The number of aromatic amines is 1. The number of fused-ring (bicyclic) bond motifs is 1. The lowest BCUT2D eigenvalue weighted by atomic mass is 9.96. The van der Waals surface area contributed by atoms with E-state index in [2.05, 4.69) is 32.0 Å². The number of aromatic nitrogens is 3. The number of hydrogen-bond acceptors (Lipinski definition) is 6. The predicted octanol–water partition coefficient (Wildman–Crippen LogP) is 5.02. The maximum Gasteiger partial charge on any atom is 0.314 e. The Morgan fingerprint density at radius 3 is 2.43 bits per heavy atom. The third-order valence-corrected chi connectivity index (χ3v) is 6.99. The molecule has 2 aromatic carbocycles. The number of nitrogens with zero attached hydrogens (tertiary/aromatic N) is 3. The number of carboxylic acid groups (broad SMARTS) is 1. The monoisotopic (exact) mass is 490 g/mol. The summed E-state index contributed by atoms with van der Waals surface area (Å²) in [7, 11) is 0. The van der Waals surface area contributed by atoms with Crippen molar-refractivity contribution in [2.45, 2.75) is 18.3 Å². The first-order chi connectivity index (χ1) is 17.0. The molecule has 2 aromatic heterocycles. The standard InChI is InChI=1S/C26H23ClN4O4/c27-20-15-21-23(29-22(20)16-1-5-18(6-2-16)31-11-13-34-14-12-31)30-25(28-21)35-19-7-3-17(4-8-19)26(9-10-26)24(32)33/h1-8,15H,9-14H2,(H,32,33)(H,28,29,30). The number of carboxylic acids is 1. The molecule has 2 N–H and O–H groups in total. The van der Waals surface area contributed by atoms with Gasteiger partial charge in [-0.05, 0) is 48.7 Å². The van der Waals surface area contributed by atoms with E-state index in [1.54, 1.807) is 30.3 Å². The summed E-state index contributed by atoms with van der Waals surface area (Å²) in [5.41, 5.74) is 3.91. The van der Waals surface area contributed by atoms with Crippen LogP contribution < -0.4 is 9.64 Å². The molecule has 178 valence electrons. The van der Waals surface area contributed by atoms with Gasteiger partial charge in [-0.1, -0.05) is 35.9 Å². The number of aliphatic carboxylic acids is 1. The van der Waals surface area contributed by atoms with Gasteiger partial charge in [0.15, 0.2) is 5.65 Å². The molecule has 2 fully saturated rings. The van der Waals surface area contributed by atoms with Crippen molar-refractivity contribution in [3.8, 4) is 23.0 Å². The van der Waals surface area contributed by atoms with E-state index in [1.165, 1.54) is 0 Å². The van der Waals surface area contributed by atoms with Crippen LogP contribution in [0.3, 0.4) is 0 Å². The number of pyridine rings is 1. The van der Waals surface area contributed by atoms with Crippen LogP contribution in [0.4, 0.5) is 5.69 Å². The zero-order chi connectivity index (χ0) is 24.0. The Morgan fingerprint density at radius 2 is 1.77 bits per heavy atom. The molecular formula is C26H23ClN4O4. The number of rotatable bonds is 6. The van der Waals surface area contributed by atoms with Crippen LogP contribution in [-0.4, -0.2) is 52.3 Å². The van der Waals surface area contributed by atoms with Gasteiger partial charge in [0, 0.05) is 24.3 Å². The minimum absolute atomic E-state index is 0.288. The van der Waals surface area contributed by atoms with E-state index in [1.807, 2.05) is 12.1 Å². The van der Waals surface area contributed by atoms with Crippen molar-refractivity contribution in [1.82, 2.24) is 15.0 Å². The van der Waals surface area contributed by atoms with Gasteiger partial charge in [0.05, 0.1) is 34.9 Å². The van der Waals surface area contributed by atoms with Gasteiger partial charge in [0.25, 0.3) is 0 Å². The van der Waals surface area contributed by atoms with Gasteiger partial charge >= 0.3 is 12.0 Å². The highest BCUT2D eigenvalue weighted by Gasteiger charge is 2.51. The average Bonchev–Trinajstić information content (AvgIpc) is 3.61. The molecule has 1 saturated heterocycles. The second kappa shape index (κ2) is 8.55. The normalized spacial score (nSPS) is 16.9. The topological polar surface area (TPSA) is 101 Å². The van der Waals surface area contributed by atoms with Gasteiger partial charge in [-0.2, -0.15) is 4.98 Å². The van der Waals surface area contributed by atoms with Crippen molar-refractivity contribution >= 4 is 34.4 Å². The lowest BCUT2D eigenvalue weighted by Gasteiger charge is -2.28. The average molecular weight is 491 g/mol. The molecule has 2 aliphatic rings. The smallest absolute Gasteiger partial charge is 0.314 e. The minimum Gasteiger partial charge on any atom is -0.481 e. The van der Waals surface area contributed by atoms with Crippen LogP contribution in [0.2, 0.25) is 5.02 Å². The van der Waals surface area contributed by atoms with E-state index in [4.69, 9.17) is 21.1 Å². The lowest BCUT2D eigenvalue weighted by Crippen LogP contribution is -2.36. The molecule has 0 amide bonds. The molecule has 6 rings (SSSR count). The summed E-state index contributed by atoms with van der Waals surface area (Å²) in [5, 5.41) is 9.99. The number of hydrogen-bond donors (Lipinski definition) is 2. The molecule has 1 aliphatic carbocycles. The number of anilines is 1. The first-order valence-corrected chi connectivity index (χ1v) is 11.9. The molecule has 35 heavy (non-hydrogen) atoms. The van der Waals surface area contributed by atoms with Crippen LogP contribution in [0, 0.1) is 0 Å². The molecule has 1 aliphatic heterocycles. The van der Waals surface area contributed by atoms with E-state index in [0.29, 0.717) is 40.5 Å². The Bertz CT molecular complexity index is 1390. The maximum atomic E-state index is 11.5. The van der Waals surface area contributed by atoms with Crippen LogP contribution in [-0.2, 0) is 14.9 Å². The first kappa shape index (κ1) is 21.9. The van der Waals surface area contributed by atoms with Crippen LogP contribution in [0.15, 0.2) is 54.6 Å². The molecule has 8 nitrogen and oxygen atoms in total. The quantitative estimate of drug-likeness (QED) is 0.391. The highest BCUT2D eigenvalue weighted by molar-refractivity contribution is 6.33. The van der Waals surface area contributed by atoms with Crippen LogP contribution >= 0.6 is 11.6 Å². The predicted molar refractivity (Wildman–Crippen MR) is 132 cm³/mol. The molecule has 0 unspecified atom stereocenters. The van der Waals surface area contributed by atoms with Gasteiger partial charge in [-0.25, -0.2) is 4.98 Å². The van der Waals surface area contributed by atoms with Gasteiger partial charge in [0.1, 0.15) is 5.75 Å². The zero-order valence-corrected chi connectivity index (χ0v) is 19.6. The van der Waals surface area contributed by atoms with E-state index < -0.39 is 11.4 Å². The number of H-pyrrole nitrogens is 1. The number of carbonyl (C=O) groups is 1. The van der Waals surface area contributed by atoms with Crippen LogP contribution in [0.25, 0.3) is 22.4 Å². The van der Waals surface area contributed by atoms with Crippen LogP contribution in [0.1, 0.15) is 18.4 Å². The number of nitrogens with one attached hydrogen (secondary N) is 1. The maximum absolute atomic E-state index is 11.5. The van der Waals surface area contributed by atoms with Gasteiger partial charge in [-0.3, -0.25) is 4.79 Å². The molecule has 0 radical (unpaired) electrons. The van der Waals surface area contributed by atoms with Gasteiger partial charge in [0.2, 0.25) is 0 Å². The van der Waals surface area contributed by atoms with Gasteiger partial charge in [-0.15, -0.1) is 0 Å². The Labute approximate surface area is 206 Å². The van der Waals surface area contributed by atoms with Gasteiger partial charge < -0.3 is 24.5 Å². The Balaban J connectivity index is 1.22. The summed E-state index contributed by atoms with van der Waals surface area (Å²) >= 11 is 6.56. The third-order valence-electron chi connectivity index (χ3n) is 6.70. The number of benzene rings is 2. The molecule has 0 bridgehead atoms. The molecule has 0 atom stereocenters. The lowest BCUT2D eigenvalue weighted by molar-refractivity contribution is -0.140. The molecule has 0 spiro atoms. The van der Waals surface area contributed by atoms with Crippen molar-refractivity contribution in [3.05, 3.63) is 65.2 Å². The van der Waals surface area contributed by atoms with E-state index >= 15 is 0 Å². The number of imidazole rings is 1. The van der Waals surface area contributed by atoms with Crippen molar-refractivity contribution in [3.63, 3.8) is 0 Å². The summed E-state index contributed by atoms with van der Waals surface area (Å²) in [5.74, 6) is -0.225. The molecule has 1 saturated carbocycles. The van der Waals surface area contributed by atoms with Crippen molar-refractivity contribution in [1.29, 1.82) is 0 Å². The zero-order valence-electron chi connectivity index (χ0n) is 18.8. The summed E-state index contributed by atoms with van der Waals surface area (Å²) in [6, 6.07) is 17.4. The third kappa shape index (κ3) is 4.09. The molecular weight excluding hydrogens is 468 g/mol. The molecule has 9 heteroatoms. The fraction of sp³-hybridized carbons (Fsp3) is 0.269. The molecule has 4 aromatic rings. The van der Waals surface area contributed by atoms with Crippen molar-refractivity contribution in [2.24, 2.45) is 0 Å². The highest BCUT2D eigenvalue weighted by atomic mass is 35.5. The van der Waals surface area contributed by atoms with E-state index in [-0.39, 0.29) is 6.01 Å². The Kier molecular flexibility index (Phi) is 5.35. The minimum atomic E-state index is -0.780. The Morgan fingerprint density at radius 1 is 1.06 bits per heavy atom. The largest absolute Gasteiger partial charge is 0.481 e. The van der Waals surface area contributed by atoms with Crippen molar-refractivity contribution < 1.29 is 19.4 Å². The number of halogens is 1. The van der Waals surface area contributed by atoms with E-state index in [9.17, 15) is 9.90 Å². The highest BCUT2D eigenvalue weighted by Crippen LogP contribution is 2.48. The second-order valence-electron chi connectivity index (χ2n) is 8.89. The molecule has 3 heterocycles. The second-order valence-corrected chi connectivity index (χ2v) is 9.30.